The van der Waals surface area contributed by atoms with E-state index in [4.69, 9.17) is 4.98 Å². The van der Waals surface area contributed by atoms with Crippen LogP contribution in [0.5, 0.6) is 0 Å². The van der Waals surface area contributed by atoms with Crippen LogP contribution in [-0.2, 0) is 4.79 Å². The average Bonchev–Trinajstić information content (AvgIpc) is 3.30. The number of nitrogens with one attached hydrogen (secondary N) is 2. The number of carbonyl (C=O) groups excluding carboxylic acids is 1. The Morgan fingerprint density at radius 2 is 2.15 bits per heavy atom. The van der Waals surface area contributed by atoms with Crippen molar-refractivity contribution < 1.29 is 4.79 Å². The molecule has 1 aromatic heterocycles. The number of nitrogens with zero attached hydrogens (tertiary/aromatic N) is 1. The average molecular weight is 392 g/mol. The van der Waals surface area contributed by atoms with E-state index in [1.165, 1.54) is 12.8 Å². The standard InChI is InChI=1S/C20H25N3OS.ClH/c1-14(18-23-17(12-25-18)15-7-3-2-4-8-15)22-19(24)20-10-6-5-9-16(20)11-21-13-20;/h2-4,7-8,12,14,16,21H,5-6,9-11,13H2,1H3,(H,22,24);1H/t14?,16-,20+;/m0./s1. The van der Waals surface area contributed by atoms with Crippen LogP contribution in [0.25, 0.3) is 11.3 Å². The van der Waals surface area contributed by atoms with Gasteiger partial charge in [0.1, 0.15) is 5.01 Å². The second-order valence-electron chi connectivity index (χ2n) is 7.36. The topological polar surface area (TPSA) is 54.0 Å². The highest BCUT2D eigenvalue weighted by Crippen LogP contribution is 2.44. The lowest BCUT2D eigenvalue weighted by atomic mass is 9.67. The summed E-state index contributed by atoms with van der Waals surface area (Å²) < 4.78 is 0. The highest BCUT2D eigenvalue weighted by atomic mass is 35.5. The summed E-state index contributed by atoms with van der Waals surface area (Å²) in [5.74, 6) is 0.704. The van der Waals surface area contributed by atoms with Crippen LogP contribution in [0, 0.1) is 11.3 Å². The van der Waals surface area contributed by atoms with Crippen molar-refractivity contribution in [3.63, 3.8) is 0 Å². The SMILES string of the molecule is CC(NC(=O)[C@@]12CCCC[C@H]1CNC2)c1nc(-c2ccccc2)cs1.Cl. The summed E-state index contributed by atoms with van der Waals surface area (Å²) >= 11 is 1.62. The Labute approximate surface area is 165 Å². The van der Waals surface area contributed by atoms with Crippen LogP contribution in [0.4, 0.5) is 0 Å². The van der Waals surface area contributed by atoms with Crippen LogP contribution >= 0.6 is 23.7 Å². The largest absolute Gasteiger partial charge is 0.347 e. The first-order chi connectivity index (χ1) is 12.2. The van der Waals surface area contributed by atoms with Crippen molar-refractivity contribution in [1.82, 2.24) is 15.6 Å². The predicted octanol–water partition coefficient (Wildman–Crippen LogP) is 4.19. The third kappa shape index (κ3) is 3.53. The minimum atomic E-state index is -0.202. The second kappa shape index (κ2) is 8.07. The van der Waals surface area contributed by atoms with E-state index in [1.807, 2.05) is 25.1 Å². The van der Waals surface area contributed by atoms with Crippen molar-refractivity contribution >= 4 is 29.7 Å². The zero-order valence-electron chi connectivity index (χ0n) is 15.0. The molecule has 2 heterocycles. The number of fused-ring (bicyclic) bond motifs is 1. The molecule has 26 heavy (non-hydrogen) atoms. The molecule has 1 aliphatic carbocycles. The zero-order valence-corrected chi connectivity index (χ0v) is 16.7. The van der Waals surface area contributed by atoms with Crippen molar-refractivity contribution in [2.24, 2.45) is 11.3 Å². The molecule has 4 nitrogen and oxygen atoms in total. The number of carbonyl (C=O) groups is 1. The van der Waals surface area contributed by atoms with Gasteiger partial charge in [-0.15, -0.1) is 23.7 Å². The molecule has 4 rings (SSSR count). The van der Waals surface area contributed by atoms with Gasteiger partial charge in [-0.2, -0.15) is 0 Å². The van der Waals surface area contributed by atoms with Crippen LogP contribution in [-0.4, -0.2) is 24.0 Å². The van der Waals surface area contributed by atoms with Crippen LogP contribution in [0.3, 0.4) is 0 Å². The summed E-state index contributed by atoms with van der Waals surface area (Å²) in [6.45, 7) is 3.85. The molecule has 1 saturated heterocycles. The summed E-state index contributed by atoms with van der Waals surface area (Å²) in [5.41, 5.74) is 1.90. The number of rotatable bonds is 4. The van der Waals surface area contributed by atoms with Gasteiger partial charge in [-0.3, -0.25) is 4.79 Å². The number of benzene rings is 1. The van der Waals surface area contributed by atoms with E-state index >= 15 is 0 Å². The summed E-state index contributed by atoms with van der Waals surface area (Å²) in [6, 6.07) is 10.1. The van der Waals surface area contributed by atoms with E-state index in [1.54, 1.807) is 11.3 Å². The van der Waals surface area contributed by atoms with Crippen molar-refractivity contribution in [3.05, 3.63) is 40.7 Å². The summed E-state index contributed by atoms with van der Waals surface area (Å²) in [7, 11) is 0. The Hall–Kier alpha value is -1.43. The third-order valence-electron chi connectivity index (χ3n) is 5.80. The first kappa shape index (κ1) is 19.3. The Morgan fingerprint density at radius 3 is 2.96 bits per heavy atom. The number of aromatic nitrogens is 1. The van der Waals surface area contributed by atoms with Gasteiger partial charge in [-0.25, -0.2) is 4.98 Å². The summed E-state index contributed by atoms with van der Waals surface area (Å²) in [6.07, 6.45) is 4.60. The Balaban J connectivity index is 0.00000196. The fourth-order valence-corrected chi connectivity index (χ4v) is 5.16. The van der Waals surface area contributed by atoms with Gasteiger partial charge in [0, 0.05) is 17.5 Å². The van der Waals surface area contributed by atoms with Gasteiger partial charge in [0.25, 0.3) is 0 Å². The summed E-state index contributed by atoms with van der Waals surface area (Å²) in [5, 5.41) is 9.76. The van der Waals surface area contributed by atoms with Gasteiger partial charge in [-0.05, 0) is 32.2 Å². The molecule has 2 fully saturated rings. The first-order valence-electron chi connectivity index (χ1n) is 9.21. The number of hydrogen-bond acceptors (Lipinski definition) is 4. The third-order valence-corrected chi connectivity index (χ3v) is 6.83. The van der Waals surface area contributed by atoms with Crippen molar-refractivity contribution in [2.75, 3.05) is 13.1 Å². The maximum atomic E-state index is 13.1. The minimum absolute atomic E-state index is 0. The lowest BCUT2D eigenvalue weighted by Crippen LogP contribution is -2.48. The maximum Gasteiger partial charge on any atom is 0.228 e. The normalized spacial score (nSPS) is 25.8. The zero-order chi connectivity index (χ0) is 17.3. The molecule has 1 saturated carbocycles. The van der Waals surface area contributed by atoms with E-state index in [0.29, 0.717) is 5.92 Å². The number of halogens is 1. The van der Waals surface area contributed by atoms with Crippen LogP contribution in [0.15, 0.2) is 35.7 Å². The molecule has 6 heteroatoms. The first-order valence-corrected chi connectivity index (χ1v) is 10.1. The number of thiazole rings is 1. The molecule has 1 aliphatic heterocycles. The van der Waals surface area contributed by atoms with Gasteiger partial charge in [-0.1, -0.05) is 43.2 Å². The van der Waals surface area contributed by atoms with Gasteiger partial charge in [0.2, 0.25) is 5.91 Å². The van der Waals surface area contributed by atoms with E-state index in [2.05, 4.69) is 28.1 Å². The molecule has 2 N–H and O–H groups in total. The fraction of sp³-hybridized carbons (Fsp3) is 0.500. The molecule has 0 bridgehead atoms. The van der Waals surface area contributed by atoms with Gasteiger partial charge >= 0.3 is 0 Å². The Morgan fingerprint density at radius 1 is 1.35 bits per heavy atom. The van der Waals surface area contributed by atoms with Crippen molar-refractivity contribution in [1.29, 1.82) is 0 Å². The molecule has 2 aliphatic rings. The molecule has 0 spiro atoms. The Bertz CT molecular complexity index is 751. The number of amides is 1. The van der Waals surface area contributed by atoms with Crippen LogP contribution in [0.2, 0.25) is 0 Å². The molecule has 1 unspecified atom stereocenters. The van der Waals surface area contributed by atoms with Crippen molar-refractivity contribution in [3.8, 4) is 11.3 Å². The molecule has 1 amide bonds. The molecule has 3 atom stereocenters. The van der Waals surface area contributed by atoms with Gasteiger partial charge < -0.3 is 10.6 Å². The molecule has 140 valence electrons. The monoisotopic (exact) mass is 391 g/mol. The Kier molecular flexibility index (Phi) is 6.00. The van der Waals surface area contributed by atoms with Gasteiger partial charge in [0.15, 0.2) is 0 Å². The highest BCUT2D eigenvalue weighted by molar-refractivity contribution is 7.10. The highest BCUT2D eigenvalue weighted by Gasteiger charge is 2.50. The fourth-order valence-electron chi connectivity index (χ4n) is 4.32. The van der Waals surface area contributed by atoms with E-state index in [-0.39, 0.29) is 29.8 Å². The molecule has 2 aromatic rings. The van der Waals surface area contributed by atoms with Gasteiger partial charge in [0.05, 0.1) is 17.2 Å². The molecular weight excluding hydrogens is 366 g/mol. The maximum absolute atomic E-state index is 13.1. The lowest BCUT2D eigenvalue weighted by molar-refractivity contribution is -0.134. The molecule has 1 aromatic carbocycles. The molecular formula is C20H26ClN3OS. The van der Waals surface area contributed by atoms with E-state index < -0.39 is 0 Å². The minimum Gasteiger partial charge on any atom is -0.347 e. The lowest BCUT2D eigenvalue weighted by Gasteiger charge is -2.37. The van der Waals surface area contributed by atoms with Crippen LogP contribution in [0.1, 0.15) is 43.7 Å². The second-order valence-corrected chi connectivity index (χ2v) is 8.25. The van der Waals surface area contributed by atoms with Crippen molar-refractivity contribution in [2.45, 2.75) is 38.6 Å². The quantitative estimate of drug-likeness (QED) is 0.821. The van der Waals surface area contributed by atoms with Crippen LogP contribution < -0.4 is 10.6 Å². The van der Waals surface area contributed by atoms with E-state index in [9.17, 15) is 4.79 Å². The predicted molar refractivity (Wildman–Crippen MR) is 109 cm³/mol. The number of hydrogen-bond donors (Lipinski definition) is 2. The van der Waals surface area contributed by atoms with E-state index in [0.717, 1.165) is 42.2 Å². The molecule has 0 radical (unpaired) electrons. The summed E-state index contributed by atoms with van der Waals surface area (Å²) in [4.78, 5) is 17.8. The smallest absolute Gasteiger partial charge is 0.228 e.